The third kappa shape index (κ3) is 4.04. The molecule has 0 saturated heterocycles. The van der Waals surface area contributed by atoms with Crippen LogP contribution in [0.5, 0.6) is 11.5 Å². The fraction of sp³-hybridized carbons (Fsp3) is 0.0556. The Kier molecular flexibility index (Phi) is 5.11. The van der Waals surface area contributed by atoms with Crippen LogP contribution in [0, 0.1) is 6.92 Å². The molecule has 5 nitrogen and oxygen atoms in total. The first-order valence-corrected chi connectivity index (χ1v) is 8.32. The average Bonchev–Trinajstić information content (AvgIpc) is 3.00. The van der Waals surface area contributed by atoms with Gasteiger partial charge in [0.1, 0.15) is 17.3 Å². The molecule has 126 valence electrons. The molecule has 0 fully saturated rings. The van der Waals surface area contributed by atoms with E-state index >= 15 is 0 Å². The van der Waals surface area contributed by atoms with Crippen molar-refractivity contribution < 1.29 is 4.74 Å². The second-order valence-electron chi connectivity index (χ2n) is 5.26. The van der Waals surface area contributed by atoms with E-state index in [1.807, 2.05) is 54.8 Å². The van der Waals surface area contributed by atoms with Crippen LogP contribution in [0.15, 0.2) is 60.2 Å². The quantitative estimate of drug-likeness (QED) is 0.524. The van der Waals surface area contributed by atoms with Gasteiger partial charge in [-0.3, -0.25) is 4.98 Å². The first-order valence-electron chi connectivity index (χ1n) is 7.44. The zero-order chi connectivity index (χ0) is 16.4. The fourth-order valence-corrected chi connectivity index (χ4v) is 3.00. The Morgan fingerprint density at radius 1 is 1.00 bits per heavy atom. The summed E-state index contributed by atoms with van der Waals surface area (Å²) in [6.45, 7) is 1.96. The van der Waals surface area contributed by atoms with E-state index in [1.165, 1.54) is 0 Å². The second kappa shape index (κ2) is 7.46. The number of hydrogen-bond donors (Lipinski definition) is 1. The van der Waals surface area contributed by atoms with Gasteiger partial charge in [-0.2, -0.15) is 0 Å². The molecular formula is C18H15ClN4OS. The molecule has 0 aliphatic heterocycles. The predicted molar refractivity (Wildman–Crippen MR) is 103 cm³/mol. The number of ether oxygens (including phenoxy) is 1. The Morgan fingerprint density at radius 3 is 2.72 bits per heavy atom. The molecule has 25 heavy (non-hydrogen) atoms. The summed E-state index contributed by atoms with van der Waals surface area (Å²) in [5.41, 5.74) is 1.89. The van der Waals surface area contributed by atoms with Crippen LogP contribution in [0.25, 0.3) is 10.9 Å². The minimum Gasteiger partial charge on any atom is -0.457 e. The van der Waals surface area contributed by atoms with Crippen molar-refractivity contribution in [2.45, 2.75) is 6.92 Å². The highest BCUT2D eigenvalue weighted by Gasteiger charge is 2.04. The molecule has 4 aromatic rings. The first-order chi connectivity index (χ1) is 11.8. The van der Waals surface area contributed by atoms with E-state index in [-0.39, 0.29) is 12.4 Å². The van der Waals surface area contributed by atoms with Crippen molar-refractivity contribution in [3.63, 3.8) is 0 Å². The third-order valence-electron chi connectivity index (χ3n) is 3.40. The molecule has 0 amide bonds. The second-order valence-corrected chi connectivity index (χ2v) is 6.11. The van der Waals surface area contributed by atoms with Crippen molar-refractivity contribution >= 4 is 45.6 Å². The van der Waals surface area contributed by atoms with E-state index in [2.05, 4.69) is 20.3 Å². The van der Waals surface area contributed by atoms with Crippen LogP contribution >= 0.6 is 23.7 Å². The number of nitrogens with one attached hydrogen (secondary N) is 1. The van der Waals surface area contributed by atoms with Crippen molar-refractivity contribution in [3.05, 3.63) is 65.9 Å². The van der Waals surface area contributed by atoms with Crippen LogP contribution in [-0.4, -0.2) is 15.0 Å². The molecule has 7 heteroatoms. The Morgan fingerprint density at radius 2 is 1.88 bits per heavy atom. The summed E-state index contributed by atoms with van der Waals surface area (Å²) in [7, 11) is 0. The summed E-state index contributed by atoms with van der Waals surface area (Å²) >= 11 is 1.54. The highest BCUT2D eigenvalue weighted by atomic mass is 35.5. The van der Waals surface area contributed by atoms with E-state index in [0.717, 1.165) is 27.5 Å². The van der Waals surface area contributed by atoms with Gasteiger partial charge in [-0.15, -0.1) is 23.7 Å². The van der Waals surface area contributed by atoms with Crippen LogP contribution in [0.1, 0.15) is 5.69 Å². The molecular weight excluding hydrogens is 356 g/mol. The van der Waals surface area contributed by atoms with Crippen LogP contribution in [0.2, 0.25) is 0 Å². The van der Waals surface area contributed by atoms with Crippen molar-refractivity contribution in [2.24, 2.45) is 0 Å². The van der Waals surface area contributed by atoms with Gasteiger partial charge < -0.3 is 10.1 Å². The van der Waals surface area contributed by atoms with Crippen LogP contribution < -0.4 is 10.1 Å². The highest BCUT2D eigenvalue weighted by Crippen LogP contribution is 2.27. The number of nitrogens with zero attached hydrogens (tertiary/aromatic N) is 3. The zero-order valence-electron chi connectivity index (χ0n) is 13.3. The maximum absolute atomic E-state index is 5.93. The molecule has 3 aromatic heterocycles. The lowest BCUT2D eigenvalue weighted by molar-refractivity contribution is 0.483. The van der Waals surface area contributed by atoms with Gasteiger partial charge in [0.15, 0.2) is 5.13 Å². The fourth-order valence-electron chi connectivity index (χ4n) is 2.31. The Labute approximate surface area is 155 Å². The first kappa shape index (κ1) is 17.1. The monoisotopic (exact) mass is 370 g/mol. The largest absolute Gasteiger partial charge is 0.457 e. The molecule has 0 atom stereocenters. The highest BCUT2D eigenvalue weighted by molar-refractivity contribution is 7.13. The SMILES string of the molecule is Cc1csc(Nc2cc(Oc3ccc4cccnc4c3)ccn2)n1.Cl. The summed E-state index contributed by atoms with van der Waals surface area (Å²) in [5.74, 6) is 2.14. The number of hydrogen-bond acceptors (Lipinski definition) is 6. The van der Waals surface area contributed by atoms with Gasteiger partial charge in [-0.25, -0.2) is 9.97 Å². The number of aromatic nitrogens is 3. The molecule has 1 aromatic carbocycles. The van der Waals surface area contributed by atoms with E-state index in [1.54, 1.807) is 23.7 Å². The van der Waals surface area contributed by atoms with Crippen molar-refractivity contribution in [1.82, 2.24) is 15.0 Å². The normalized spacial score (nSPS) is 10.3. The van der Waals surface area contributed by atoms with E-state index in [4.69, 9.17) is 4.74 Å². The average molecular weight is 371 g/mol. The summed E-state index contributed by atoms with van der Waals surface area (Å²) in [4.78, 5) is 13.0. The molecule has 0 bridgehead atoms. The molecule has 1 N–H and O–H groups in total. The smallest absolute Gasteiger partial charge is 0.188 e. The van der Waals surface area contributed by atoms with E-state index in [9.17, 15) is 0 Å². The number of thiazole rings is 1. The van der Waals surface area contributed by atoms with Crippen molar-refractivity contribution in [2.75, 3.05) is 5.32 Å². The van der Waals surface area contributed by atoms with Gasteiger partial charge in [-0.1, -0.05) is 6.07 Å². The number of aryl methyl sites for hydroxylation is 1. The molecule has 0 aliphatic rings. The molecule has 0 radical (unpaired) electrons. The molecule has 0 unspecified atom stereocenters. The lowest BCUT2D eigenvalue weighted by atomic mass is 10.2. The Bertz CT molecular complexity index is 1000. The lowest BCUT2D eigenvalue weighted by Crippen LogP contribution is -1.94. The number of rotatable bonds is 4. The molecule has 0 spiro atoms. The minimum atomic E-state index is 0. The van der Waals surface area contributed by atoms with Crippen molar-refractivity contribution in [1.29, 1.82) is 0 Å². The lowest BCUT2D eigenvalue weighted by Gasteiger charge is -2.08. The number of halogens is 1. The van der Waals surface area contributed by atoms with Crippen molar-refractivity contribution in [3.8, 4) is 11.5 Å². The molecule has 0 aliphatic carbocycles. The van der Waals surface area contributed by atoms with Gasteiger partial charge >= 0.3 is 0 Å². The maximum atomic E-state index is 5.93. The third-order valence-corrected chi connectivity index (χ3v) is 4.27. The summed E-state index contributed by atoms with van der Waals surface area (Å²) < 4.78 is 5.93. The maximum Gasteiger partial charge on any atom is 0.188 e. The van der Waals surface area contributed by atoms with Gasteiger partial charge in [0.05, 0.1) is 11.2 Å². The van der Waals surface area contributed by atoms with Crippen LogP contribution in [0.4, 0.5) is 10.9 Å². The number of fused-ring (bicyclic) bond motifs is 1. The molecule has 4 rings (SSSR count). The van der Waals surface area contributed by atoms with E-state index < -0.39 is 0 Å². The number of pyridine rings is 2. The van der Waals surface area contributed by atoms with E-state index in [0.29, 0.717) is 11.6 Å². The zero-order valence-corrected chi connectivity index (χ0v) is 15.0. The molecule has 0 saturated carbocycles. The summed E-state index contributed by atoms with van der Waals surface area (Å²) in [5, 5.41) is 7.07. The predicted octanol–water partition coefficient (Wildman–Crippen LogP) is 5.35. The summed E-state index contributed by atoms with van der Waals surface area (Å²) in [6.07, 6.45) is 3.48. The number of anilines is 2. The standard InChI is InChI=1S/C18H14N4OS.ClH/c1-12-11-24-18(21-12)22-17-10-15(6-8-20-17)23-14-5-4-13-3-2-7-19-16(13)9-14;/h2-11H,1H3,(H,20,21,22);1H. The Balaban J connectivity index is 0.00000182. The minimum absolute atomic E-state index is 0. The topological polar surface area (TPSA) is 59.9 Å². The van der Waals surface area contributed by atoms with Crippen LogP contribution in [-0.2, 0) is 0 Å². The Hall–Kier alpha value is -2.70. The van der Waals surface area contributed by atoms with Gasteiger partial charge in [0.25, 0.3) is 0 Å². The summed E-state index contributed by atoms with van der Waals surface area (Å²) in [6, 6.07) is 13.5. The number of benzene rings is 1. The molecule has 3 heterocycles. The van der Waals surface area contributed by atoms with Crippen LogP contribution in [0.3, 0.4) is 0 Å². The van der Waals surface area contributed by atoms with Gasteiger partial charge in [-0.05, 0) is 31.2 Å². The van der Waals surface area contributed by atoms with Gasteiger partial charge in [0.2, 0.25) is 0 Å². The van der Waals surface area contributed by atoms with Gasteiger partial charge in [0, 0.05) is 35.3 Å².